The van der Waals surface area contributed by atoms with E-state index in [1.165, 1.54) is 44.9 Å². The van der Waals surface area contributed by atoms with E-state index in [4.69, 9.17) is 9.84 Å². The number of rotatable bonds is 2. The summed E-state index contributed by atoms with van der Waals surface area (Å²) in [6.45, 7) is 3.53. The van der Waals surface area contributed by atoms with Gasteiger partial charge in [-0.2, -0.15) is 0 Å². The Hall–Kier alpha value is -0.120. The Morgan fingerprint density at radius 3 is 2.65 bits per heavy atom. The second-order valence-electron chi connectivity index (χ2n) is 6.24. The van der Waals surface area contributed by atoms with Gasteiger partial charge in [0.2, 0.25) is 0 Å². The van der Waals surface area contributed by atoms with Crippen LogP contribution in [0.3, 0.4) is 0 Å². The maximum atomic E-state index is 9.09. The zero-order valence-electron chi connectivity index (χ0n) is 10.7. The van der Waals surface area contributed by atoms with Crippen molar-refractivity contribution in [3.05, 3.63) is 0 Å². The molecule has 0 amide bonds. The van der Waals surface area contributed by atoms with Gasteiger partial charge in [-0.1, -0.05) is 19.3 Å². The lowest BCUT2D eigenvalue weighted by Crippen LogP contribution is -2.57. The molecule has 1 spiro atoms. The molecule has 1 saturated carbocycles. The van der Waals surface area contributed by atoms with Gasteiger partial charge in [0.25, 0.3) is 0 Å². The predicted molar refractivity (Wildman–Crippen MR) is 66.9 cm³/mol. The van der Waals surface area contributed by atoms with Gasteiger partial charge in [-0.05, 0) is 25.7 Å². The molecule has 2 aliphatic heterocycles. The van der Waals surface area contributed by atoms with E-state index >= 15 is 0 Å². The molecule has 1 N–H and O–H groups in total. The summed E-state index contributed by atoms with van der Waals surface area (Å²) in [5.41, 5.74) is 0.228. The van der Waals surface area contributed by atoms with Crippen LogP contribution >= 0.6 is 0 Å². The molecule has 0 bridgehead atoms. The van der Waals surface area contributed by atoms with Gasteiger partial charge >= 0.3 is 0 Å². The van der Waals surface area contributed by atoms with Crippen LogP contribution in [-0.4, -0.2) is 48.0 Å². The van der Waals surface area contributed by atoms with E-state index in [9.17, 15) is 0 Å². The fourth-order valence-electron chi connectivity index (χ4n) is 3.88. The normalized spacial score (nSPS) is 34.8. The molecular weight excluding hydrogens is 214 g/mol. The average molecular weight is 239 g/mol. The minimum atomic E-state index is 0.228. The molecule has 1 atom stereocenters. The number of ether oxygens (including phenoxy) is 1. The zero-order valence-corrected chi connectivity index (χ0v) is 10.7. The van der Waals surface area contributed by atoms with Crippen LogP contribution in [0.25, 0.3) is 0 Å². The first-order valence-corrected chi connectivity index (χ1v) is 7.30. The van der Waals surface area contributed by atoms with Gasteiger partial charge in [-0.3, -0.25) is 4.90 Å². The Morgan fingerprint density at radius 2 is 1.94 bits per heavy atom. The van der Waals surface area contributed by atoms with Crippen LogP contribution in [0.2, 0.25) is 0 Å². The number of nitrogens with zero attached hydrogens (tertiary/aromatic N) is 1. The highest BCUT2D eigenvalue weighted by Gasteiger charge is 2.42. The molecule has 2 saturated heterocycles. The minimum absolute atomic E-state index is 0.228. The van der Waals surface area contributed by atoms with Crippen LogP contribution in [0, 0.1) is 5.92 Å². The maximum Gasteiger partial charge on any atom is 0.0697 e. The average Bonchev–Trinajstić information content (AvgIpc) is 2.29. The van der Waals surface area contributed by atoms with Crippen molar-refractivity contribution in [2.75, 3.05) is 26.3 Å². The number of aliphatic hydroxyl groups excluding tert-OH is 1. The van der Waals surface area contributed by atoms with Crippen LogP contribution in [0.5, 0.6) is 0 Å². The lowest BCUT2D eigenvalue weighted by molar-refractivity contribution is -0.137. The monoisotopic (exact) mass is 239 g/mol. The van der Waals surface area contributed by atoms with Crippen molar-refractivity contribution in [2.24, 2.45) is 5.92 Å². The van der Waals surface area contributed by atoms with E-state index in [0.717, 1.165) is 25.7 Å². The van der Waals surface area contributed by atoms with Gasteiger partial charge in [0.05, 0.1) is 5.60 Å². The topological polar surface area (TPSA) is 32.7 Å². The summed E-state index contributed by atoms with van der Waals surface area (Å²) in [7, 11) is 0. The van der Waals surface area contributed by atoms with Crippen LogP contribution in [0.4, 0.5) is 0 Å². The summed E-state index contributed by atoms with van der Waals surface area (Å²) in [6, 6.07) is 0.727. The Kier molecular flexibility index (Phi) is 3.42. The van der Waals surface area contributed by atoms with Gasteiger partial charge in [0.15, 0.2) is 0 Å². The quantitative estimate of drug-likeness (QED) is 0.797. The molecule has 0 aromatic carbocycles. The number of likely N-dealkylation sites (tertiary alicyclic amines) is 1. The Morgan fingerprint density at radius 1 is 1.18 bits per heavy atom. The third kappa shape index (κ3) is 2.38. The minimum Gasteiger partial charge on any atom is -0.396 e. The summed E-state index contributed by atoms with van der Waals surface area (Å²) in [4.78, 5) is 2.57. The molecule has 0 radical (unpaired) electrons. The van der Waals surface area contributed by atoms with E-state index in [-0.39, 0.29) is 5.60 Å². The van der Waals surface area contributed by atoms with Crippen molar-refractivity contribution in [1.82, 2.24) is 4.90 Å². The Balaban J connectivity index is 1.56. The summed E-state index contributed by atoms with van der Waals surface area (Å²) < 4.78 is 6.13. The van der Waals surface area contributed by atoms with Crippen LogP contribution in [0.1, 0.15) is 44.9 Å². The van der Waals surface area contributed by atoms with Crippen molar-refractivity contribution < 1.29 is 9.84 Å². The molecule has 17 heavy (non-hydrogen) atoms. The molecule has 0 aromatic rings. The highest BCUT2D eigenvalue weighted by Crippen LogP contribution is 2.40. The smallest absolute Gasteiger partial charge is 0.0697 e. The van der Waals surface area contributed by atoms with Crippen LogP contribution in [0.15, 0.2) is 0 Å². The summed E-state index contributed by atoms with van der Waals surface area (Å²) in [5, 5.41) is 9.09. The lowest BCUT2D eigenvalue weighted by atomic mass is 9.77. The summed E-state index contributed by atoms with van der Waals surface area (Å²) in [6.07, 6.45) is 9.09. The van der Waals surface area contributed by atoms with Gasteiger partial charge in [0, 0.05) is 38.3 Å². The third-order valence-corrected chi connectivity index (χ3v) is 4.99. The molecule has 98 valence electrons. The summed E-state index contributed by atoms with van der Waals surface area (Å²) in [5.74, 6) is 0.542. The van der Waals surface area contributed by atoms with Crippen LogP contribution in [-0.2, 0) is 4.74 Å². The Bertz CT molecular complexity index is 251. The molecule has 3 aliphatic rings. The van der Waals surface area contributed by atoms with Gasteiger partial charge in [-0.25, -0.2) is 0 Å². The highest BCUT2D eigenvalue weighted by atomic mass is 16.5. The van der Waals surface area contributed by atoms with Gasteiger partial charge in [-0.15, -0.1) is 0 Å². The predicted octanol–water partition coefficient (Wildman–Crippen LogP) is 1.79. The molecule has 3 nitrogen and oxygen atoms in total. The van der Waals surface area contributed by atoms with Crippen molar-refractivity contribution in [2.45, 2.75) is 56.6 Å². The number of hydrogen-bond donors (Lipinski definition) is 1. The summed E-state index contributed by atoms with van der Waals surface area (Å²) >= 11 is 0. The van der Waals surface area contributed by atoms with Crippen LogP contribution < -0.4 is 0 Å². The van der Waals surface area contributed by atoms with Crippen molar-refractivity contribution in [1.29, 1.82) is 0 Å². The van der Waals surface area contributed by atoms with E-state index < -0.39 is 0 Å². The second-order valence-corrected chi connectivity index (χ2v) is 6.24. The highest BCUT2D eigenvalue weighted by molar-refractivity contribution is 4.95. The van der Waals surface area contributed by atoms with Gasteiger partial charge < -0.3 is 9.84 Å². The third-order valence-electron chi connectivity index (χ3n) is 4.99. The van der Waals surface area contributed by atoms with E-state index in [0.29, 0.717) is 12.5 Å². The molecule has 3 rings (SSSR count). The molecule has 3 heteroatoms. The molecular formula is C14H25NO2. The number of hydrogen-bond acceptors (Lipinski definition) is 3. The number of aliphatic hydroxyl groups is 1. The molecule has 1 unspecified atom stereocenters. The van der Waals surface area contributed by atoms with E-state index in [1.807, 2.05) is 0 Å². The molecule has 3 fully saturated rings. The lowest BCUT2D eigenvalue weighted by Gasteiger charge is -2.51. The molecule has 0 aromatic heterocycles. The first-order valence-electron chi connectivity index (χ1n) is 7.30. The maximum absolute atomic E-state index is 9.09. The fourth-order valence-corrected chi connectivity index (χ4v) is 3.88. The molecule has 1 aliphatic carbocycles. The zero-order chi connectivity index (χ0) is 11.7. The fraction of sp³-hybridized carbons (Fsp3) is 1.00. The van der Waals surface area contributed by atoms with E-state index in [1.54, 1.807) is 0 Å². The molecule has 2 heterocycles. The second kappa shape index (κ2) is 4.87. The first-order chi connectivity index (χ1) is 8.31. The SMILES string of the molecule is OCC1CN(C2CCOC3(CCCCC3)C2)C1. The van der Waals surface area contributed by atoms with E-state index in [2.05, 4.69) is 4.90 Å². The van der Waals surface area contributed by atoms with Gasteiger partial charge in [0.1, 0.15) is 0 Å². The first kappa shape index (κ1) is 11.9. The Labute approximate surface area is 104 Å². The van der Waals surface area contributed by atoms with Crippen molar-refractivity contribution in [3.63, 3.8) is 0 Å². The van der Waals surface area contributed by atoms with Crippen molar-refractivity contribution >= 4 is 0 Å². The largest absolute Gasteiger partial charge is 0.396 e. The van der Waals surface area contributed by atoms with Crippen molar-refractivity contribution in [3.8, 4) is 0 Å². The standard InChI is InChI=1S/C14H25NO2/c16-11-12-9-15(10-12)13-4-7-17-14(8-13)5-2-1-3-6-14/h12-13,16H,1-11H2.